The van der Waals surface area contributed by atoms with E-state index in [1.807, 2.05) is 19.1 Å². The van der Waals surface area contributed by atoms with Crippen molar-refractivity contribution >= 4 is 11.3 Å². The number of aromatic nitrogens is 1. The Morgan fingerprint density at radius 1 is 1.33 bits per heavy atom. The van der Waals surface area contributed by atoms with Crippen molar-refractivity contribution in [2.24, 2.45) is 5.73 Å². The molecule has 2 aromatic rings. The standard InChI is InChI=1S/C17H24N2OS/c1-11-6-7-14(13(8-11)12(2)18)20-9-16-19-15(10-21-16)17(3,4)5/h6-8,10,12H,9,18H2,1-5H3/t12-/m1/s1. The molecular weight excluding hydrogens is 280 g/mol. The van der Waals surface area contributed by atoms with E-state index < -0.39 is 0 Å². The van der Waals surface area contributed by atoms with Gasteiger partial charge in [0, 0.05) is 22.4 Å². The minimum atomic E-state index is -0.0404. The summed E-state index contributed by atoms with van der Waals surface area (Å²) in [5.41, 5.74) is 9.45. The molecule has 3 nitrogen and oxygen atoms in total. The topological polar surface area (TPSA) is 48.1 Å². The SMILES string of the molecule is Cc1ccc(OCc2nc(C(C)(C)C)cs2)c([C@@H](C)N)c1. The Kier molecular flexibility index (Phi) is 4.69. The van der Waals surface area contributed by atoms with Crippen LogP contribution in [0.3, 0.4) is 0 Å². The van der Waals surface area contributed by atoms with Crippen LogP contribution >= 0.6 is 11.3 Å². The Bertz CT molecular complexity index is 611. The van der Waals surface area contributed by atoms with E-state index in [9.17, 15) is 0 Å². The summed E-state index contributed by atoms with van der Waals surface area (Å²) in [7, 11) is 0. The quantitative estimate of drug-likeness (QED) is 0.913. The van der Waals surface area contributed by atoms with Crippen molar-refractivity contribution in [1.82, 2.24) is 4.98 Å². The Morgan fingerprint density at radius 2 is 2.05 bits per heavy atom. The Morgan fingerprint density at radius 3 is 2.62 bits per heavy atom. The highest BCUT2D eigenvalue weighted by atomic mass is 32.1. The van der Waals surface area contributed by atoms with Gasteiger partial charge in [0.15, 0.2) is 0 Å². The first kappa shape index (κ1) is 16.0. The second kappa shape index (κ2) is 6.16. The third-order valence-corrected chi connectivity index (χ3v) is 4.15. The van der Waals surface area contributed by atoms with Crippen molar-refractivity contribution in [3.05, 3.63) is 45.4 Å². The molecule has 0 radical (unpaired) electrons. The summed E-state index contributed by atoms with van der Waals surface area (Å²) in [6.07, 6.45) is 0. The molecule has 0 unspecified atom stereocenters. The number of benzene rings is 1. The number of hydrogen-bond donors (Lipinski definition) is 1. The van der Waals surface area contributed by atoms with Crippen LogP contribution in [0.4, 0.5) is 0 Å². The summed E-state index contributed by atoms with van der Waals surface area (Å²) in [5, 5.41) is 3.11. The molecule has 4 heteroatoms. The summed E-state index contributed by atoms with van der Waals surface area (Å²) < 4.78 is 5.93. The van der Waals surface area contributed by atoms with Gasteiger partial charge in [-0.05, 0) is 19.9 Å². The highest BCUT2D eigenvalue weighted by Gasteiger charge is 2.17. The average Bonchev–Trinajstić information content (AvgIpc) is 2.85. The molecule has 0 fully saturated rings. The van der Waals surface area contributed by atoms with E-state index in [-0.39, 0.29) is 11.5 Å². The molecular formula is C17H24N2OS. The molecule has 1 heterocycles. The number of nitrogens with zero attached hydrogens (tertiary/aromatic N) is 1. The molecule has 1 aromatic heterocycles. The van der Waals surface area contributed by atoms with E-state index >= 15 is 0 Å². The van der Waals surface area contributed by atoms with Gasteiger partial charge in [-0.3, -0.25) is 0 Å². The van der Waals surface area contributed by atoms with E-state index in [1.165, 1.54) is 5.56 Å². The van der Waals surface area contributed by atoms with Gasteiger partial charge in [0.25, 0.3) is 0 Å². The van der Waals surface area contributed by atoms with Gasteiger partial charge >= 0.3 is 0 Å². The Balaban J connectivity index is 2.12. The molecule has 1 aromatic carbocycles. The molecule has 114 valence electrons. The maximum Gasteiger partial charge on any atom is 0.140 e. The van der Waals surface area contributed by atoms with Crippen molar-refractivity contribution in [2.75, 3.05) is 0 Å². The van der Waals surface area contributed by atoms with Gasteiger partial charge in [0.05, 0.1) is 5.69 Å². The van der Waals surface area contributed by atoms with Crippen LogP contribution in [0.25, 0.3) is 0 Å². The van der Waals surface area contributed by atoms with Crippen LogP contribution in [-0.4, -0.2) is 4.98 Å². The van der Waals surface area contributed by atoms with Crippen LogP contribution in [0.15, 0.2) is 23.6 Å². The Labute approximate surface area is 131 Å². The third kappa shape index (κ3) is 4.05. The number of aryl methyl sites for hydroxylation is 1. The summed E-state index contributed by atoms with van der Waals surface area (Å²) >= 11 is 1.65. The first-order valence-electron chi connectivity index (χ1n) is 7.21. The predicted octanol–water partition coefficient (Wildman–Crippen LogP) is 4.35. The smallest absolute Gasteiger partial charge is 0.140 e. The average molecular weight is 304 g/mol. The lowest BCUT2D eigenvalue weighted by molar-refractivity contribution is 0.300. The Hall–Kier alpha value is -1.39. The maximum absolute atomic E-state index is 6.02. The van der Waals surface area contributed by atoms with Crippen LogP contribution < -0.4 is 10.5 Å². The molecule has 0 amide bonds. The lowest BCUT2D eigenvalue weighted by atomic mass is 9.93. The van der Waals surface area contributed by atoms with Gasteiger partial charge in [-0.2, -0.15) is 0 Å². The molecule has 0 aliphatic rings. The number of ether oxygens (including phenoxy) is 1. The second-order valence-corrected chi connectivity index (χ2v) is 7.44. The van der Waals surface area contributed by atoms with Gasteiger partial charge in [0.2, 0.25) is 0 Å². The van der Waals surface area contributed by atoms with Crippen LogP contribution in [0, 0.1) is 6.92 Å². The van der Waals surface area contributed by atoms with E-state index in [0.717, 1.165) is 22.0 Å². The van der Waals surface area contributed by atoms with Gasteiger partial charge in [-0.25, -0.2) is 4.98 Å². The van der Waals surface area contributed by atoms with Gasteiger partial charge in [-0.15, -0.1) is 11.3 Å². The van der Waals surface area contributed by atoms with Crippen LogP contribution in [-0.2, 0) is 12.0 Å². The van der Waals surface area contributed by atoms with Crippen molar-refractivity contribution in [1.29, 1.82) is 0 Å². The molecule has 0 aliphatic heterocycles. The molecule has 2 N–H and O–H groups in total. The zero-order valence-electron chi connectivity index (χ0n) is 13.4. The summed E-state index contributed by atoms with van der Waals surface area (Å²) in [5.74, 6) is 0.850. The summed E-state index contributed by atoms with van der Waals surface area (Å²) in [6, 6.07) is 6.08. The largest absolute Gasteiger partial charge is 0.486 e. The minimum absolute atomic E-state index is 0.0404. The highest BCUT2D eigenvalue weighted by Crippen LogP contribution is 2.28. The van der Waals surface area contributed by atoms with Gasteiger partial charge in [-0.1, -0.05) is 38.5 Å². The van der Waals surface area contributed by atoms with Crippen LogP contribution in [0.1, 0.15) is 55.6 Å². The van der Waals surface area contributed by atoms with Crippen LogP contribution in [0.5, 0.6) is 5.75 Å². The van der Waals surface area contributed by atoms with Gasteiger partial charge < -0.3 is 10.5 Å². The first-order valence-corrected chi connectivity index (χ1v) is 8.09. The van der Waals surface area contributed by atoms with E-state index in [0.29, 0.717) is 6.61 Å². The van der Waals surface area contributed by atoms with Crippen molar-refractivity contribution < 1.29 is 4.74 Å². The number of nitrogens with two attached hydrogens (primary N) is 1. The fraction of sp³-hybridized carbons (Fsp3) is 0.471. The molecule has 0 bridgehead atoms. The van der Waals surface area contributed by atoms with Crippen molar-refractivity contribution in [3.63, 3.8) is 0 Å². The van der Waals surface area contributed by atoms with Crippen molar-refractivity contribution in [2.45, 2.75) is 52.7 Å². The normalized spacial score (nSPS) is 13.2. The van der Waals surface area contributed by atoms with Gasteiger partial charge in [0.1, 0.15) is 17.4 Å². The molecule has 0 saturated carbocycles. The number of thiazole rings is 1. The zero-order chi connectivity index (χ0) is 15.6. The summed E-state index contributed by atoms with van der Waals surface area (Å²) in [6.45, 7) is 11.0. The molecule has 21 heavy (non-hydrogen) atoms. The van der Waals surface area contributed by atoms with Crippen LogP contribution in [0.2, 0.25) is 0 Å². The first-order chi connectivity index (χ1) is 9.77. The lowest BCUT2D eigenvalue weighted by Crippen LogP contribution is -2.12. The van der Waals surface area contributed by atoms with E-state index in [2.05, 4.69) is 44.1 Å². The maximum atomic E-state index is 6.02. The lowest BCUT2D eigenvalue weighted by Gasteiger charge is -2.15. The second-order valence-electron chi connectivity index (χ2n) is 6.50. The molecule has 1 atom stereocenters. The molecule has 0 saturated heterocycles. The van der Waals surface area contributed by atoms with E-state index in [4.69, 9.17) is 10.5 Å². The zero-order valence-corrected chi connectivity index (χ0v) is 14.3. The monoisotopic (exact) mass is 304 g/mol. The highest BCUT2D eigenvalue weighted by molar-refractivity contribution is 7.09. The van der Waals surface area contributed by atoms with E-state index in [1.54, 1.807) is 11.3 Å². The fourth-order valence-electron chi connectivity index (χ4n) is 2.02. The predicted molar refractivity (Wildman–Crippen MR) is 88.9 cm³/mol. The third-order valence-electron chi connectivity index (χ3n) is 3.33. The summed E-state index contributed by atoms with van der Waals surface area (Å²) in [4.78, 5) is 4.65. The number of rotatable bonds is 4. The minimum Gasteiger partial charge on any atom is -0.486 e. The number of hydrogen-bond acceptors (Lipinski definition) is 4. The van der Waals surface area contributed by atoms with Crippen molar-refractivity contribution in [3.8, 4) is 5.75 Å². The fourth-order valence-corrected chi connectivity index (χ4v) is 2.95. The molecule has 0 spiro atoms. The molecule has 2 rings (SSSR count). The molecule has 0 aliphatic carbocycles.